The minimum atomic E-state index is -1.10. The molecule has 1 fully saturated rings. The number of aliphatic carboxylic acids is 1. The van der Waals surface area contributed by atoms with Gasteiger partial charge in [-0.25, -0.2) is 4.79 Å². The van der Waals surface area contributed by atoms with Crippen LogP contribution in [0.5, 0.6) is 0 Å². The summed E-state index contributed by atoms with van der Waals surface area (Å²) in [6.45, 7) is 0.417. The van der Waals surface area contributed by atoms with E-state index in [4.69, 9.17) is 5.11 Å². The Bertz CT molecular complexity index is 418. The monoisotopic (exact) mass is 220 g/mol. The van der Waals surface area contributed by atoms with Crippen LogP contribution in [0.15, 0.2) is 30.3 Å². The molecule has 0 bridgehead atoms. The molecule has 5 nitrogen and oxygen atoms in total. The minimum absolute atomic E-state index is 0.362. The second-order valence-electron chi connectivity index (χ2n) is 3.70. The van der Waals surface area contributed by atoms with Gasteiger partial charge in [-0.05, 0) is 5.56 Å². The van der Waals surface area contributed by atoms with Gasteiger partial charge in [-0.3, -0.25) is 9.80 Å². The van der Waals surface area contributed by atoms with E-state index in [2.05, 4.69) is 0 Å². The number of rotatable bonds is 3. The van der Waals surface area contributed by atoms with E-state index >= 15 is 0 Å². The quantitative estimate of drug-likeness (QED) is 0.746. The molecule has 0 spiro atoms. The zero-order chi connectivity index (χ0) is 11.7. The van der Waals surface area contributed by atoms with E-state index in [1.165, 1.54) is 10.0 Å². The van der Waals surface area contributed by atoms with Crippen LogP contribution in [0.3, 0.4) is 0 Å². The SMILES string of the molecule is CN1C(C(=O)O)C(=O)N1Cc1ccccc1. The van der Waals surface area contributed by atoms with E-state index in [0.717, 1.165) is 5.56 Å². The average molecular weight is 220 g/mol. The van der Waals surface area contributed by atoms with Crippen LogP contribution in [0.25, 0.3) is 0 Å². The first-order valence-corrected chi connectivity index (χ1v) is 4.92. The summed E-state index contributed by atoms with van der Waals surface area (Å²) in [5, 5.41) is 11.6. The van der Waals surface area contributed by atoms with Gasteiger partial charge >= 0.3 is 5.97 Å². The lowest BCUT2D eigenvalue weighted by atomic mass is 10.1. The molecule has 1 aromatic carbocycles. The number of amides is 1. The van der Waals surface area contributed by atoms with Gasteiger partial charge in [0, 0.05) is 7.05 Å². The summed E-state index contributed by atoms with van der Waals surface area (Å²) in [7, 11) is 1.60. The maximum absolute atomic E-state index is 11.5. The van der Waals surface area contributed by atoms with Crippen molar-refractivity contribution in [3.05, 3.63) is 35.9 Å². The van der Waals surface area contributed by atoms with E-state index in [0.29, 0.717) is 6.54 Å². The summed E-state index contributed by atoms with van der Waals surface area (Å²) in [5.41, 5.74) is 0.978. The molecule has 1 unspecified atom stereocenters. The van der Waals surface area contributed by atoms with Crippen molar-refractivity contribution in [2.75, 3.05) is 7.05 Å². The van der Waals surface area contributed by atoms with Crippen LogP contribution in [0, 0.1) is 0 Å². The number of carboxylic acid groups (broad SMARTS) is 1. The third-order valence-corrected chi connectivity index (χ3v) is 2.65. The van der Waals surface area contributed by atoms with Crippen molar-refractivity contribution in [1.29, 1.82) is 0 Å². The molecule has 0 aromatic heterocycles. The molecule has 84 valence electrons. The number of hydrogen-bond donors (Lipinski definition) is 1. The molecule has 1 aromatic rings. The highest BCUT2D eigenvalue weighted by molar-refractivity contribution is 6.04. The normalized spacial score (nSPS) is 20.7. The van der Waals surface area contributed by atoms with Crippen molar-refractivity contribution in [3.63, 3.8) is 0 Å². The number of benzene rings is 1. The molecule has 1 saturated heterocycles. The summed E-state index contributed by atoms with van der Waals surface area (Å²) in [4.78, 5) is 22.2. The molecule has 1 heterocycles. The second-order valence-corrected chi connectivity index (χ2v) is 3.70. The first-order valence-electron chi connectivity index (χ1n) is 4.92. The average Bonchev–Trinajstić information content (AvgIpc) is 2.27. The number of carbonyl (C=O) groups excluding carboxylic acids is 1. The van der Waals surface area contributed by atoms with Gasteiger partial charge in [0.2, 0.25) is 6.04 Å². The fourth-order valence-electron chi connectivity index (χ4n) is 1.75. The van der Waals surface area contributed by atoms with Crippen LogP contribution in [0.1, 0.15) is 5.56 Å². The zero-order valence-electron chi connectivity index (χ0n) is 8.83. The number of carboxylic acids is 1. The Morgan fingerprint density at radius 3 is 2.50 bits per heavy atom. The topological polar surface area (TPSA) is 60.9 Å². The fourth-order valence-corrected chi connectivity index (χ4v) is 1.75. The Morgan fingerprint density at radius 2 is 2.00 bits per heavy atom. The predicted molar refractivity (Wildman–Crippen MR) is 56.2 cm³/mol. The van der Waals surface area contributed by atoms with Gasteiger partial charge in [-0.1, -0.05) is 30.3 Å². The van der Waals surface area contributed by atoms with Gasteiger partial charge in [0.1, 0.15) is 0 Å². The smallest absolute Gasteiger partial charge is 0.332 e. The van der Waals surface area contributed by atoms with Crippen molar-refractivity contribution in [2.24, 2.45) is 0 Å². The highest BCUT2D eigenvalue weighted by atomic mass is 16.4. The van der Waals surface area contributed by atoms with Gasteiger partial charge < -0.3 is 5.11 Å². The molecule has 1 aliphatic heterocycles. The van der Waals surface area contributed by atoms with Gasteiger partial charge in [0.05, 0.1) is 6.54 Å². The molecule has 5 heteroatoms. The molecule has 1 amide bonds. The molecule has 1 aliphatic rings. The first kappa shape index (κ1) is 10.6. The van der Waals surface area contributed by atoms with Gasteiger partial charge in [0.15, 0.2) is 0 Å². The Hall–Kier alpha value is -1.88. The molecule has 1 atom stereocenters. The van der Waals surface area contributed by atoms with E-state index in [9.17, 15) is 9.59 Å². The Kier molecular flexibility index (Phi) is 2.62. The highest BCUT2D eigenvalue weighted by Crippen LogP contribution is 2.20. The number of hydrazine groups is 1. The molecular weight excluding hydrogens is 208 g/mol. The van der Waals surface area contributed by atoms with Crippen LogP contribution in [-0.4, -0.2) is 40.1 Å². The first-order chi connectivity index (χ1) is 7.61. The Morgan fingerprint density at radius 1 is 1.38 bits per heavy atom. The van der Waals surface area contributed by atoms with Crippen LogP contribution < -0.4 is 0 Å². The van der Waals surface area contributed by atoms with Crippen LogP contribution in [-0.2, 0) is 16.1 Å². The molecule has 0 radical (unpaired) electrons. The van der Waals surface area contributed by atoms with Gasteiger partial charge in [-0.2, -0.15) is 5.01 Å². The summed E-state index contributed by atoms with van der Waals surface area (Å²) in [6.07, 6.45) is 0. The van der Waals surface area contributed by atoms with Crippen LogP contribution in [0.2, 0.25) is 0 Å². The largest absolute Gasteiger partial charge is 0.480 e. The van der Waals surface area contributed by atoms with E-state index in [1.54, 1.807) is 7.05 Å². The second kappa shape index (κ2) is 3.94. The molecule has 0 aliphatic carbocycles. The predicted octanol–water partition coefficient (Wildman–Crippen LogP) is 0.329. The summed E-state index contributed by atoms with van der Waals surface area (Å²) >= 11 is 0. The number of nitrogens with zero attached hydrogens (tertiary/aromatic N) is 2. The van der Waals surface area contributed by atoms with E-state index in [-0.39, 0.29) is 5.91 Å². The fraction of sp³-hybridized carbons (Fsp3) is 0.273. The summed E-state index contributed by atoms with van der Waals surface area (Å²) < 4.78 is 0. The minimum Gasteiger partial charge on any atom is -0.480 e. The maximum Gasteiger partial charge on any atom is 0.332 e. The molecule has 1 N–H and O–H groups in total. The lowest BCUT2D eigenvalue weighted by Crippen LogP contribution is -2.69. The molecular formula is C11H12N2O3. The van der Waals surface area contributed by atoms with Crippen molar-refractivity contribution in [3.8, 4) is 0 Å². The van der Waals surface area contributed by atoms with Crippen molar-refractivity contribution >= 4 is 11.9 Å². The summed E-state index contributed by atoms with van der Waals surface area (Å²) in [6, 6.07) is 8.43. The van der Waals surface area contributed by atoms with Crippen molar-refractivity contribution in [2.45, 2.75) is 12.6 Å². The van der Waals surface area contributed by atoms with Crippen molar-refractivity contribution < 1.29 is 14.7 Å². The number of hydrogen-bond acceptors (Lipinski definition) is 3. The Labute approximate surface area is 92.9 Å². The highest BCUT2D eigenvalue weighted by Gasteiger charge is 2.47. The third kappa shape index (κ3) is 1.65. The summed E-state index contributed by atoms with van der Waals surface area (Å²) in [5.74, 6) is -1.46. The van der Waals surface area contributed by atoms with Crippen molar-refractivity contribution in [1.82, 2.24) is 10.0 Å². The number of likely N-dealkylation sites (N-methyl/N-ethyl adjacent to an activating group) is 1. The third-order valence-electron chi connectivity index (χ3n) is 2.65. The number of carbonyl (C=O) groups is 2. The van der Waals surface area contributed by atoms with E-state index in [1.807, 2.05) is 30.3 Å². The van der Waals surface area contributed by atoms with Crippen LogP contribution >= 0.6 is 0 Å². The lowest BCUT2D eigenvalue weighted by Gasteiger charge is -2.45. The maximum atomic E-state index is 11.5. The van der Waals surface area contributed by atoms with Gasteiger partial charge in [0.25, 0.3) is 5.91 Å². The molecule has 0 saturated carbocycles. The Balaban J connectivity index is 2.04. The molecule has 16 heavy (non-hydrogen) atoms. The lowest BCUT2D eigenvalue weighted by molar-refractivity contribution is -0.198. The van der Waals surface area contributed by atoms with E-state index < -0.39 is 12.0 Å². The van der Waals surface area contributed by atoms with Gasteiger partial charge in [-0.15, -0.1) is 0 Å². The zero-order valence-corrected chi connectivity index (χ0v) is 8.83. The molecule has 2 rings (SSSR count). The van der Waals surface area contributed by atoms with Crippen LogP contribution in [0.4, 0.5) is 0 Å². The standard InChI is InChI=1S/C11H12N2O3/c1-12-9(11(15)16)10(14)13(12)7-8-5-3-2-4-6-8/h2-6,9H,7H2,1H3,(H,15,16).